The molecule has 0 saturated carbocycles. The summed E-state index contributed by atoms with van der Waals surface area (Å²) in [5, 5.41) is 3.08. The minimum Gasteiger partial charge on any atom is -0.384 e. The lowest BCUT2D eigenvalue weighted by Crippen LogP contribution is -2.50. The number of aliphatic imine (C=N–C) groups is 1. The molecule has 4 nitrogen and oxygen atoms in total. The van der Waals surface area contributed by atoms with Gasteiger partial charge in [-0.3, -0.25) is 5.73 Å². The number of nitrogens with zero attached hydrogens (tertiary/aromatic N) is 1. The predicted molar refractivity (Wildman–Crippen MR) is 75.0 cm³/mol. The Labute approximate surface area is 108 Å². The Morgan fingerprint density at radius 2 is 2.06 bits per heavy atom. The Morgan fingerprint density at radius 1 is 1.33 bits per heavy atom. The minimum absolute atomic E-state index is 0.436. The molecule has 0 fully saturated rings. The minimum atomic E-state index is -0.964. The predicted octanol–water partition coefficient (Wildman–Crippen LogP) is 1.66. The van der Waals surface area contributed by atoms with Crippen LogP contribution < -0.4 is 16.8 Å². The molecule has 1 aromatic rings. The fourth-order valence-electron chi connectivity index (χ4n) is 2.07. The van der Waals surface area contributed by atoms with Crippen LogP contribution in [0.4, 0.5) is 0 Å². The molecule has 1 unspecified atom stereocenters. The molecule has 0 aliphatic carbocycles. The third-order valence-corrected chi connectivity index (χ3v) is 3.20. The first-order valence-corrected chi connectivity index (χ1v) is 6.12. The van der Waals surface area contributed by atoms with Crippen LogP contribution in [0.25, 0.3) is 0 Å². The van der Waals surface area contributed by atoms with Crippen LogP contribution >= 0.6 is 0 Å². The van der Waals surface area contributed by atoms with E-state index in [9.17, 15) is 0 Å². The smallest absolute Gasteiger partial charge is 0.211 e. The summed E-state index contributed by atoms with van der Waals surface area (Å²) < 4.78 is 0. The van der Waals surface area contributed by atoms with Gasteiger partial charge in [0, 0.05) is 11.8 Å². The van der Waals surface area contributed by atoms with Crippen molar-refractivity contribution >= 4 is 5.84 Å². The number of nitrogens with two attached hydrogens (primary N) is 2. The van der Waals surface area contributed by atoms with Gasteiger partial charge in [0.05, 0.1) is 0 Å². The maximum absolute atomic E-state index is 6.31. The zero-order valence-electron chi connectivity index (χ0n) is 11.1. The van der Waals surface area contributed by atoms with Crippen LogP contribution in [0.5, 0.6) is 0 Å². The molecular formula is C14H20N4. The summed E-state index contributed by atoms with van der Waals surface area (Å²) in [6, 6.07) is 6.30. The second kappa shape index (κ2) is 4.46. The summed E-state index contributed by atoms with van der Waals surface area (Å²) in [7, 11) is 0. The first-order chi connectivity index (χ1) is 8.42. The first kappa shape index (κ1) is 12.6. The van der Waals surface area contributed by atoms with E-state index in [1.54, 1.807) is 12.3 Å². The van der Waals surface area contributed by atoms with Gasteiger partial charge in [0.2, 0.25) is 5.79 Å². The number of aryl methyl sites for hydroxylation is 1. The van der Waals surface area contributed by atoms with E-state index in [1.165, 1.54) is 5.56 Å². The van der Waals surface area contributed by atoms with Crippen LogP contribution in [-0.4, -0.2) is 5.84 Å². The van der Waals surface area contributed by atoms with Gasteiger partial charge in [0.25, 0.3) is 0 Å². The number of nitrogens with one attached hydrogen (secondary N) is 1. The number of hydrogen-bond acceptors (Lipinski definition) is 4. The van der Waals surface area contributed by atoms with Gasteiger partial charge in [0.1, 0.15) is 5.84 Å². The Kier molecular flexibility index (Phi) is 3.13. The molecule has 0 aromatic heterocycles. The summed E-state index contributed by atoms with van der Waals surface area (Å²) in [5.41, 5.74) is 15.3. The molecule has 0 amide bonds. The topological polar surface area (TPSA) is 76.4 Å². The largest absolute Gasteiger partial charge is 0.384 e. The molecule has 18 heavy (non-hydrogen) atoms. The maximum atomic E-state index is 6.31. The highest BCUT2D eigenvalue weighted by molar-refractivity contribution is 5.92. The van der Waals surface area contributed by atoms with E-state index in [4.69, 9.17) is 11.5 Å². The Balaban J connectivity index is 2.50. The maximum Gasteiger partial charge on any atom is 0.211 e. The molecule has 0 spiro atoms. The third kappa shape index (κ3) is 2.24. The third-order valence-electron chi connectivity index (χ3n) is 3.20. The monoisotopic (exact) mass is 244 g/mol. The number of hydrogen-bond donors (Lipinski definition) is 3. The fourth-order valence-corrected chi connectivity index (χ4v) is 2.07. The summed E-state index contributed by atoms with van der Waals surface area (Å²) in [4.78, 5) is 4.32. The first-order valence-electron chi connectivity index (χ1n) is 6.12. The van der Waals surface area contributed by atoms with Crippen molar-refractivity contribution in [3.8, 4) is 0 Å². The van der Waals surface area contributed by atoms with Crippen molar-refractivity contribution in [1.29, 1.82) is 0 Å². The molecule has 1 aliphatic rings. The van der Waals surface area contributed by atoms with Crippen molar-refractivity contribution in [2.75, 3.05) is 0 Å². The van der Waals surface area contributed by atoms with Crippen molar-refractivity contribution in [1.82, 2.24) is 5.32 Å². The van der Waals surface area contributed by atoms with Crippen LogP contribution in [0.1, 0.15) is 36.5 Å². The van der Waals surface area contributed by atoms with Crippen molar-refractivity contribution in [3.63, 3.8) is 0 Å². The summed E-state index contributed by atoms with van der Waals surface area (Å²) in [6.07, 6.45) is 3.44. The zero-order valence-corrected chi connectivity index (χ0v) is 11.1. The normalized spacial score (nSPS) is 22.8. The van der Waals surface area contributed by atoms with Crippen LogP contribution in [-0.2, 0) is 5.79 Å². The highest BCUT2D eigenvalue weighted by Gasteiger charge is 2.29. The fraction of sp³-hybridized carbons (Fsp3) is 0.357. The molecule has 0 bridgehead atoms. The van der Waals surface area contributed by atoms with E-state index >= 15 is 0 Å². The summed E-state index contributed by atoms with van der Waals surface area (Å²) >= 11 is 0. The van der Waals surface area contributed by atoms with Gasteiger partial charge in [-0.15, -0.1) is 0 Å². The molecule has 1 heterocycles. The van der Waals surface area contributed by atoms with Crippen LogP contribution in [0, 0.1) is 6.92 Å². The SMILES string of the molecule is Cc1ccc(C(C)C)cc1C1(N)N=C(N)C=CN1. The van der Waals surface area contributed by atoms with Crippen molar-refractivity contribution in [2.45, 2.75) is 32.5 Å². The molecule has 0 saturated heterocycles. The number of benzene rings is 1. The van der Waals surface area contributed by atoms with E-state index in [1.807, 2.05) is 6.92 Å². The van der Waals surface area contributed by atoms with Crippen LogP contribution in [0.15, 0.2) is 35.5 Å². The van der Waals surface area contributed by atoms with E-state index < -0.39 is 5.79 Å². The molecular weight excluding hydrogens is 224 g/mol. The lowest BCUT2D eigenvalue weighted by atomic mass is 9.94. The quantitative estimate of drug-likeness (QED) is 0.740. The van der Waals surface area contributed by atoms with Gasteiger partial charge in [-0.05, 0) is 36.1 Å². The second-order valence-corrected chi connectivity index (χ2v) is 5.01. The van der Waals surface area contributed by atoms with Crippen LogP contribution in [0.2, 0.25) is 0 Å². The van der Waals surface area contributed by atoms with Gasteiger partial charge in [-0.1, -0.05) is 26.0 Å². The molecule has 5 N–H and O–H groups in total. The molecule has 96 valence electrons. The van der Waals surface area contributed by atoms with Gasteiger partial charge < -0.3 is 11.1 Å². The highest BCUT2D eigenvalue weighted by Crippen LogP contribution is 2.26. The van der Waals surface area contributed by atoms with Crippen molar-refractivity contribution in [2.24, 2.45) is 16.5 Å². The van der Waals surface area contributed by atoms with E-state index in [0.29, 0.717) is 11.8 Å². The van der Waals surface area contributed by atoms with E-state index in [2.05, 4.69) is 42.4 Å². The van der Waals surface area contributed by atoms with Gasteiger partial charge in [-0.2, -0.15) is 0 Å². The van der Waals surface area contributed by atoms with E-state index in [-0.39, 0.29) is 0 Å². The highest BCUT2D eigenvalue weighted by atomic mass is 15.3. The number of amidine groups is 1. The van der Waals surface area contributed by atoms with E-state index in [0.717, 1.165) is 11.1 Å². The lowest BCUT2D eigenvalue weighted by molar-refractivity contribution is 0.407. The number of rotatable bonds is 2. The molecule has 1 atom stereocenters. The Morgan fingerprint density at radius 3 is 2.67 bits per heavy atom. The molecule has 1 aromatic carbocycles. The van der Waals surface area contributed by atoms with Crippen LogP contribution in [0.3, 0.4) is 0 Å². The van der Waals surface area contributed by atoms with Gasteiger partial charge >= 0.3 is 0 Å². The van der Waals surface area contributed by atoms with Crippen molar-refractivity contribution < 1.29 is 0 Å². The standard InChI is InChI=1S/C14H20N4/c1-9(2)11-5-4-10(3)12(8-11)14(16)17-7-6-13(15)18-14/h4-9,17H,16H2,1-3H3,(H2,15,18). The van der Waals surface area contributed by atoms with Gasteiger partial charge in [-0.25, -0.2) is 4.99 Å². The lowest BCUT2D eigenvalue weighted by Gasteiger charge is -2.30. The second-order valence-electron chi connectivity index (χ2n) is 5.01. The summed E-state index contributed by atoms with van der Waals surface area (Å²) in [5.74, 6) is -0.0765. The Hall–Kier alpha value is -1.81. The zero-order chi connectivity index (χ0) is 13.3. The van der Waals surface area contributed by atoms with Gasteiger partial charge in [0.15, 0.2) is 0 Å². The van der Waals surface area contributed by atoms with Crippen molar-refractivity contribution in [3.05, 3.63) is 47.2 Å². The Bertz CT molecular complexity index is 517. The molecule has 4 heteroatoms. The summed E-state index contributed by atoms with van der Waals surface area (Å²) in [6.45, 7) is 6.34. The average Bonchev–Trinajstić information content (AvgIpc) is 2.28. The molecule has 1 aliphatic heterocycles. The molecule has 0 radical (unpaired) electrons. The molecule has 2 rings (SSSR count). The average molecular weight is 244 g/mol.